The number of anilines is 2. The number of aryl methyl sites for hydroxylation is 3. The summed E-state index contributed by atoms with van der Waals surface area (Å²) >= 11 is 0. The first-order chi connectivity index (χ1) is 8.74. The zero-order valence-corrected chi connectivity index (χ0v) is 10.8. The number of rotatable bonds is 2. The molecule has 2 aromatic heterocycles. The van der Waals surface area contributed by atoms with Gasteiger partial charge in [-0.1, -0.05) is 0 Å². The first-order valence-corrected chi connectivity index (χ1v) is 6.34. The van der Waals surface area contributed by atoms with Crippen molar-refractivity contribution in [3.05, 3.63) is 29.5 Å². The lowest BCUT2D eigenvalue weighted by Crippen LogP contribution is -2.10. The molecule has 18 heavy (non-hydrogen) atoms. The van der Waals surface area contributed by atoms with E-state index in [1.165, 1.54) is 24.1 Å². The van der Waals surface area contributed by atoms with Gasteiger partial charge in [0.2, 0.25) is 0 Å². The van der Waals surface area contributed by atoms with Crippen LogP contribution in [-0.4, -0.2) is 19.7 Å². The lowest BCUT2D eigenvalue weighted by molar-refractivity contribution is 0.664. The summed E-state index contributed by atoms with van der Waals surface area (Å²) in [5, 5.41) is 7.72. The predicted molar refractivity (Wildman–Crippen MR) is 69.9 cm³/mol. The summed E-state index contributed by atoms with van der Waals surface area (Å²) in [6.07, 6.45) is 8.22. The second kappa shape index (κ2) is 4.40. The number of nitrogens with one attached hydrogen (secondary N) is 1. The molecule has 3 rings (SSSR count). The van der Waals surface area contributed by atoms with Crippen molar-refractivity contribution in [3.63, 3.8) is 0 Å². The van der Waals surface area contributed by atoms with Crippen molar-refractivity contribution in [2.75, 3.05) is 5.32 Å². The number of hydrogen-bond acceptors (Lipinski definition) is 4. The van der Waals surface area contributed by atoms with E-state index in [0.29, 0.717) is 0 Å². The van der Waals surface area contributed by atoms with Crippen LogP contribution < -0.4 is 5.32 Å². The van der Waals surface area contributed by atoms with Crippen molar-refractivity contribution in [3.8, 4) is 0 Å². The highest BCUT2D eigenvalue weighted by atomic mass is 15.3. The van der Waals surface area contributed by atoms with Gasteiger partial charge in [-0.25, -0.2) is 9.97 Å². The van der Waals surface area contributed by atoms with Gasteiger partial charge < -0.3 is 5.32 Å². The van der Waals surface area contributed by atoms with Crippen molar-refractivity contribution in [2.24, 2.45) is 7.05 Å². The van der Waals surface area contributed by atoms with Crippen LogP contribution in [0.25, 0.3) is 0 Å². The fraction of sp³-hybridized carbons (Fsp3) is 0.462. The van der Waals surface area contributed by atoms with Gasteiger partial charge in [-0.2, -0.15) is 5.10 Å². The summed E-state index contributed by atoms with van der Waals surface area (Å²) in [6.45, 7) is 2.00. The summed E-state index contributed by atoms with van der Waals surface area (Å²) in [5.41, 5.74) is 4.47. The molecule has 5 heteroatoms. The van der Waals surface area contributed by atoms with Crippen molar-refractivity contribution in [1.82, 2.24) is 19.7 Å². The maximum atomic E-state index is 4.38. The Balaban J connectivity index is 1.95. The summed E-state index contributed by atoms with van der Waals surface area (Å²) in [7, 11) is 1.92. The standard InChI is InChI=1S/C13H17N5/c1-9-12(7-18(2)17-9)16-13-10-5-3-4-6-11(10)14-8-15-13/h7-8H,3-6H2,1-2H3,(H,14,15,16). The highest BCUT2D eigenvalue weighted by Gasteiger charge is 2.16. The average Bonchev–Trinajstić information content (AvgIpc) is 2.68. The van der Waals surface area contributed by atoms with Crippen LogP contribution in [0.1, 0.15) is 29.8 Å². The Kier molecular flexibility index (Phi) is 2.74. The van der Waals surface area contributed by atoms with Gasteiger partial charge in [0.1, 0.15) is 12.1 Å². The van der Waals surface area contributed by atoms with Gasteiger partial charge in [0.25, 0.3) is 0 Å². The Morgan fingerprint density at radius 2 is 2.06 bits per heavy atom. The Bertz CT molecular complexity index is 573. The van der Waals surface area contributed by atoms with Gasteiger partial charge in [-0.05, 0) is 32.6 Å². The second-order valence-electron chi connectivity index (χ2n) is 4.78. The molecule has 0 amide bonds. The summed E-state index contributed by atoms with van der Waals surface area (Å²) in [4.78, 5) is 8.76. The number of fused-ring (bicyclic) bond motifs is 1. The van der Waals surface area contributed by atoms with Crippen LogP contribution >= 0.6 is 0 Å². The summed E-state index contributed by atoms with van der Waals surface area (Å²) < 4.78 is 1.81. The van der Waals surface area contributed by atoms with Gasteiger partial charge in [0.05, 0.1) is 11.4 Å². The molecule has 0 aromatic carbocycles. The molecule has 0 spiro atoms. The van der Waals surface area contributed by atoms with E-state index in [-0.39, 0.29) is 0 Å². The number of nitrogens with zero attached hydrogens (tertiary/aromatic N) is 4. The minimum Gasteiger partial charge on any atom is -0.337 e. The highest BCUT2D eigenvalue weighted by Crippen LogP contribution is 2.27. The molecule has 2 aromatic rings. The molecule has 0 bridgehead atoms. The molecule has 2 heterocycles. The first-order valence-electron chi connectivity index (χ1n) is 6.34. The molecule has 0 fully saturated rings. The van der Waals surface area contributed by atoms with Crippen LogP contribution in [0.2, 0.25) is 0 Å². The smallest absolute Gasteiger partial charge is 0.137 e. The van der Waals surface area contributed by atoms with Gasteiger partial charge in [0.15, 0.2) is 0 Å². The third-order valence-corrected chi connectivity index (χ3v) is 3.39. The maximum Gasteiger partial charge on any atom is 0.137 e. The molecule has 0 saturated heterocycles. The molecule has 94 valence electrons. The van der Waals surface area contributed by atoms with Gasteiger partial charge in [-0.15, -0.1) is 0 Å². The van der Waals surface area contributed by atoms with Crippen LogP contribution in [0.4, 0.5) is 11.5 Å². The monoisotopic (exact) mass is 243 g/mol. The van der Waals surface area contributed by atoms with Crippen molar-refractivity contribution < 1.29 is 0 Å². The Morgan fingerprint density at radius 1 is 1.22 bits per heavy atom. The lowest BCUT2D eigenvalue weighted by atomic mass is 9.96. The van der Waals surface area contributed by atoms with Crippen LogP contribution in [0.5, 0.6) is 0 Å². The Hall–Kier alpha value is -1.91. The normalized spacial score (nSPS) is 14.3. The predicted octanol–water partition coefficient (Wildman–Crippen LogP) is 2.14. The molecule has 1 N–H and O–H groups in total. The van der Waals surface area contributed by atoms with Crippen LogP contribution in [0.15, 0.2) is 12.5 Å². The van der Waals surface area contributed by atoms with Crippen molar-refractivity contribution >= 4 is 11.5 Å². The SMILES string of the molecule is Cc1nn(C)cc1Nc1ncnc2c1CCCC2. The van der Waals surface area contributed by atoms with Crippen LogP contribution in [-0.2, 0) is 19.9 Å². The fourth-order valence-corrected chi connectivity index (χ4v) is 2.48. The third kappa shape index (κ3) is 1.96. The number of hydrogen-bond donors (Lipinski definition) is 1. The van der Waals surface area contributed by atoms with Gasteiger partial charge in [-0.3, -0.25) is 4.68 Å². The fourth-order valence-electron chi connectivity index (χ4n) is 2.48. The molecule has 1 aliphatic carbocycles. The zero-order chi connectivity index (χ0) is 12.5. The lowest BCUT2D eigenvalue weighted by Gasteiger charge is -2.17. The summed E-state index contributed by atoms with van der Waals surface area (Å²) in [5.74, 6) is 0.941. The first kappa shape index (κ1) is 11.2. The Labute approximate surface area is 106 Å². The molecule has 0 aliphatic heterocycles. The molecule has 1 aliphatic rings. The van der Waals surface area contributed by atoms with Gasteiger partial charge >= 0.3 is 0 Å². The van der Waals surface area contributed by atoms with E-state index in [1.807, 2.05) is 24.9 Å². The molecular formula is C13H17N5. The zero-order valence-electron chi connectivity index (χ0n) is 10.8. The molecule has 0 saturated carbocycles. The molecule has 5 nitrogen and oxygen atoms in total. The topological polar surface area (TPSA) is 55.6 Å². The molecule has 0 unspecified atom stereocenters. The van der Waals surface area contributed by atoms with E-state index in [1.54, 1.807) is 6.33 Å². The average molecular weight is 243 g/mol. The van der Waals surface area contributed by atoms with E-state index in [9.17, 15) is 0 Å². The third-order valence-electron chi connectivity index (χ3n) is 3.39. The molecule has 0 atom stereocenters. The second-order valence-corrected chi connectivity index (χ2v) is 4.78. The largest absolute Gasteiger partial charge is 0.337 e. The summed E-state index contributed by atoms with van der Waals surface area (Å²) in [6, 6.07) is 0. The van der Waals surface area contributed by atoms with E-state index in [0.717, 1.165) is 30.0 Å². The van der Waals surface area contributed by atoms with E-state index >= 15 is 0 Å². The maximum absolute atomic E-state index is 4.38. The number of aromatic nitrogens is 4. The highest BCUT2D eigenvalue weighted by molar-refractivity contribution is 5.61. The molecule has 0 radical (unpaired) electrons. The quantitative estimate of drug-likeness (QED) is 0.878. The minimum absolute atomic E-state index is 0.941. The van der Waals surface area contributed by atoms with Gasteiger partial charge in [0, 0.05) is 24.5 Å². The van der Waals surface area contributed by atoms with E-state index in [2.05, 4.69) is 20.4 Å². The van der Waals surface area contributed by atoms with Crippen LogP contribution in [0.3, 0.4) is 0 Å². The van der Waals surface area contributed by atoms with E-state index < -0.39 is 0 Å². The minimum atomic E-state index is 0.941. The Morgan fingerprint density at radius 3 is 2.83 bits per heavy atom. The van der Waals surface area contributed by atoms with Crippen LogP contribution in [0, 0.1) is 6.92 Å². The molecular weight excluding hydrogens is 226 g/mol. The van der Waals surface area contributed by atoms with Crippen molar-refractivity contribution in [1.29, 1.82) is 0 Å². The van der Waals surface area contributed by atoms with E-state index in [4.69, 9.17) is 0 Å². The van der Waals surface area contributed by atoms with Crippen molar-refractivity contribution in [2.45, 2.75) is 32.6 Å².